The van der Waals surface area contributed by atoms with Crippen molar-refractivity contribution in [2.45, 2.75) is 12.6 Å². The van der Waals surface area contributed by atoms with Gasteiger partial charge in [-0.25, -0.2) is 18.4 Å². The van der Waals surface area contributed by atoms with Crippen molar-refractivity contribution >= 4 is 11.9 Å². The molecule has 0 bridgehead atoms. The molecular formula is C20H17F2NO5. The van der Waals surface area contributed by atoms with Crippen LogP contribution in [0.25, 0.3) is 0 Å². The number of esters is 2. The first-order chi connectivity index (χ1) is 13.5. The Balaban J connectivity index is 2.16. The van der Waals surface area contributed by atoms with Crippen LogP contribution in [0.2, 0.25) is 0 Å². The topological polar surface area (TPSA) is 65.1 Å². The number of hydrogen-bond acceptors (Lipinski definition) is 6. The lowest BCUT2D eigenvalue weighted by atomic mass is 9.96. The summed E-state index contributed by atoms with van der Waals surface area (Å²) in [4.78, 5) is 30.1. The van der Waals surface area contributed by atoms with E-state index < -0.39 is 40.9 Å². The predicted octanol–water partition coefficient (Wildman–Crippen LogP) is 3.05. The number of nitrogens with zero attached hydrogens (tertiary/aromatic N) is 1. The molecule has 0 unspecified atom stereocenters. The third-order valence-electron chi connectivity index (χ3n) is 4.25. The third kappa shape index (κ3) is 3.59. The summed E-state index contributed by atoms with van der Waals surface area (Å²) in [5.41, 5.74) is -0.0356. The largest absolute Gasteiger partial charge is 0.465 e. The molecule has 2 aromatic carbocycles. The number of ether oxygens (including phenoxy) is 2. The number of carbonyl (C=O) groups is 2. The molecule has 0 aromatic heterocycles. The molecule has 0 spiro atoms. The van der Waals surface area contributed by atoms with Crippen LogP contribution in [0.4, 0.5) is 8.78 Å². The van der Waals surface area contributed by atoms with Crippen LogP contribution in [0.15, 0.2) is 59.9 Å². The standard InChI is InChI=1S/C20H17F2NO5/c1-26-19(24)16-17(15-13(21)9-6-10-14(15)22)23(28-18(16)20(25)27-2)11-12-7-4-3-5-8-12/h3-10,17H,11H2,1-2H3/t17-/m1/s1. The molecule has 1 atom stereocenters. The van der Waals surface area contributed by atoms with E-state index in [-0.39, 0.29) is 12.1 Å². The molecule has 28 heavy (non-hydrogen) atoms. The van der Waals surface area contributed by atoms with Crippen LogP contribution in [0.3, 0.4) is 0 Å². The summed E-state index contributed by atoms with van der Waals surface area (Å²) in [6, 6.07) is 10.9. The van der Waals surface area contributed by atoms with Gasteiger partial charge in [0, 0.05) is 5.56 Å². The number of halogens is 2. The molecule has 3 rings (SSSR count). The van der Waals surface area contributed by atoms with Gasteiger partial charge >= 0.3 is 11.9 Å². The van der Waals surface area contributed by atoms with Gasteiger partial charge in [-0.2, -0.15) is 0 Å². The van der Waals surface area contributed by atoms with E-state index in [4.69, 9.17) is 9.57 Å². The second-order valence-electron chi connectivity index (χ2n) is 5.92. The summed E-state index contributed by atoms with van der Waals surface area (Å²) in [7, 11) is 2.20. The van der Waals surface area contributed by atoms with Crippen molar-refractivity contribution in [3.63, 3.8) is 0 Å². The van der Waals surface area contributed by atoms with Gasteiger partial charge in [0.15, 0.2) is 0 Å². The van der Waals surface area contributed by atoms with Crippen molar-refractivity contribution in [2.75, 3.05) is 14.2 Å². The molecule has 0 radical (unpaired) electrons. The first kappa shape index (κ1) is 19.5. The summed E-state index contributed by atoms with van der Waals surface area (Å²) in [5, 5.41) is 1.15. The Morgan fingerprint density at radius 1 is 0.964 bits per heavy atom. The highest BCUT2D eigenvalue weighted by molar-refractivity contribution is 6.00. The normalized spacial score (nSPS) is 16.6. The Labute approximate surface area is 159 Å². The van der Waals surface area contributed by atoms with Crippen molar-refractivity contribution in [1.29, 1.82) is 0 Å². The highest BCUT2D eigenvalue weighted by atomic mass is 19.1. The van der Waals surface area contributed by atoms with Crippen molar-refractivity contribution in [3.05, 3.63) is 82.6 Å². The lowest BCUT2D eigenvalue weighted by molar-refractivity contribution is -0.161. The summed E-state index contributed by atoms with van der Waals surface area (Å²) in [6.07, 6.45) is 0. The van der Waals surface area contributed by atoms with Crippen molar-refractivity contribution in [2.24, 2.45) is 0 Å². The zero-order valence-electron chi connectivity index (χ0n) is 15.1. The maximum absolute atomic E-state index is 14.6. The molecular weight excluding hydrogens is 372 g/mol. The molecule has 0 saturated carbocycles. The number of methoxy groups -OCH3 is 2. The van der Waals surface area contributed by atoms with Crippen LogP contribution in [0.1, 0.15) is 17.2 Å². The van der Waals surface area contributed by atoms with E-state index in [9.17, 15) is 18.4 Å². The van der Waals surface area contributed by atoms with Crippen LogP contribution in [0, 0.1) is 11.6 Å². The van der Waals surface area contributed by atoms with Gasteiger partial charge in [0.1, 0.15) is 23.2 Å². The van der Waals surface area contributed by atoms with Crippen molar-refractivity contribution in [3.8, 4) is 0 Å². The fourth-order valence-corrected chi connectivity index (χ4v) is 2.99. The minimum atomic E-state index is -1.34. The highest BCUT2D eigenvalue weighted by Gasteiger charge is 2.46. The summed E-state index contributed by atoms with van der Waals surface area (Å²) in [5.74, 6) is -4.17. The molecule has 0 fully saturated rings. The number of hydroxylamine groups is 2. The van der Waals surface area contributed by atoms with E-state index in [2.05, 4.69) is 4.74 Å². The molecule has 146 valence electrons. The highest BCUT2D eigenvalue weighted by Crippen LogP contribution is 2.42. The number of carbonyl (C=O) groups excluding carboxylic acids is 2. The van der Waals surface area contributed by atoms with Crippen LogP contribution < -0.4 is 0 Å². The predicted molar refractivity (Wildman–Crippen MR) is 93.2 cm³/mol. The number of rotatable bonds is 5. The Hall–Kier alpha value is -3.26. The fraction of sp³-hybridized carbons (Fsp3) is 0.200. The van der Waals surface area contributed by atoms with E-state index in [1.807, 2.05) is 0 Å². The van der Waals surface area contributed by atoms with Gasteiger partial charge in [0.05, 0.1) is 20.8 Å². The van der Waals surface area contributed by atoms with Crippen molar-refractivity contribution < 1.29 is 32.7 Å². The minimum absolute atomic E-state index is 0.0419. The van der Waals surface area contributed by atoms with Crippen LogP contribution in [-0.4, -0.2) is 31.2 Å². The molecule has 6 nitrogen and oxygen atoms in total. The van der Waals surface area contributed by atoms with Gasteiger partial charge in [-0.05, 0) is 17.7 Å². The zero-order valence-corrected chi connectivity index (χ0v) is 15.1. The van der Waals surface area contributed by atoms with E-state index in [1.165, 1.54) is 6.07 Å². The van der Waals surface area contributed by atoms with Gasteiger partial charge in [0.25, 0.3) is 0 Å². The van der Waals surface area contributed by atoms with Crippen LogP contribution >= 0.6 is 0 Å². The quantitative estimate of drug-likeness (QED) is 0.733. The van der Waals surface area contributed by atoms with Gasteiger partial charge in [-0.15, -0.1) is 5.06 Å². The maximum atomic E-state index is 14.6. The first-order valence-corrected chi connectivity index (χ1v) is 8.31. The molecule has 1 heterocycles. The molecule has 0 amide bonds. The number of benzene rings is 2. The monoisotopic (exact) mass is 389 g/mol. The lowest BCUT2D eigenvalue weighted by Crippen LogP contribution is -2.27. The minimum Gasteiger partial charge on any atom is -0.465 e. The van der Waals surface area contributed by atoms with E-state index in [0.29, 0.717) is 0 Å². The molecule has 0 N–H and O–H groups in total. The zero-order chi connectivity index (χ0) is 20.3. The number of hydrogen-bond donors (Lipinski definition) is 0. The van der Waals surface area contributed by atoms with E-state index >= 15 is 0 Å². The summed E-state index contributed by atoms with van der Waals surface area (Å²) in [6.45, 7) is 0.0419. The van der Waals surface area contributed by atoms with Crippen LogP contribution in [0.5, 0.6) is 0 Å². The van der Waals surface area contributed by atoms with Gasteiger partial charge < -0.3 is 14.3 Å². The van der Waals surface area contributed by atoms with Crippen LogP contribution in [-0.2, 0) is 30.4 Å². The Bertz CT molecular complexity index is 909. The first-order valence-electron chi connectivity index (χ1n) is 8.31. The van der Waals surface area contributed by atoms with Gasteiger partial charge in [-0.1, -0.05) is 36.4 Å². The summed E-state index contributed by atoms with van der Waals surface area (Å²) < 4.78 is 38.5. The molecule has 8 heteroatoms. The molecule has 1 aliphatic rings. The van der Waals surface area contributed by atoms with Crippen molar-refractivity contribution in [1.82, 2.24) is 5.06 Å². The Morgan fingerprint density at radius 2 is 1.57 bits per heavy atom. The second-order valence-corrected chi connectivity index (χ2v) is 5.92. The fourth-order valence-electron chi connectivity index (χ4n) is 2.99. The SMILES string of the molecule is COC(=O)C1=C(C(=O)OC)[C@@H](c2c(F)cccc2F)N(Cc2ccccc2)O1. The maximum Gasteiger partial charge on any atom is 0.376 e. The van der Waals surface area contributed by atoms with E-state index in [1.54, 1.807) is 30.3 Å². The molecule has 1 aliphatic heterocycles. The average Bonchev–Trinajstić information content (AvgIpc) is 3.06. The molecule has 0 aliphatic carbocycles. The molecule has 2 aromatic rings. The van der Waals surface area contributed by atoms with Gasteiger partial charge in [-0.3, -0.25) is 0 Å². The Kier molecular flexibility index (Phi) is 5.70. The van der Waals surface area contributed by atoms with Gasteiger partial charge in [0.2, 0.25) is 5.76 Å². The average molecular weight is 389 g/mol. The smallest absolute Gasteiger partial charge is 0.376 e. The third-order valence-corrected chi connectivity index (χ3v) is 4.25. The lowest BCUT2D eigenvalue weighted by Gasteiger charge is -2.25. The molecule has 0 saturated heterocycles. The van der Waals surface area contributed by atoms with E-state index in [0.717, 1.165) is 37.0 Å². The summed E-state index contributed by atoms with van der Waals surface area (Å²) >= 11 is 0. The second kappa shape index (κ2) is 8.18. The Morgan fingerprint density at radius 3 is 2.14 bits per heavy atom.